The van der Waals surface area contributed by atoms with Crippen LogP contribution in [-0.4, -0.2) is 35.8 Å². The number of hydrogen-bond acceptors (Lipinski definition) is 6. The largest absolute Gasteiger partial charge is 0.494 e. The SMILES string of the molecule is COc1cc(NC(=O)c2ccccc2)c(OC)cc1NC(=O)Cn1[nH]c(=O)c2ccccc2c1=O. The van der Waals surface area contributed by atoms with Crippen molar-refractivity contribution in [2.45, 2.75) is 6.54 Å². The quantitative estimate of drug-likeness (QED) is 0.377. The third-order valence-electron chi connectivity index (χ3n) is 5.27. The molecule has 0 aliphatic carbocycles. The zero-order valence-electron chi connectivity index (χ0n) is 19.0. The second-order valence-corrected chi connectivity index (χ2v) is 7.50. The van der Waals surface area contributed by atoms with Crippen LogP contribution in [0.25, 0.3) is 10.8 Å². The molecule has 4 aromatic rings. The number of carbonyl (C=O) groups is 2. The summed E-state index contributed by atoms with van der Waals surface area (Å²) < 4.78 is 11.7. The Morgan fingerprint density at radius 3 is 2.03 bits per heavy atom. The summed E-state index contributed by atoms with van der Waals surface area (Å²) in [5.41, 5.74) is 0.0693. The number of anilines is 2. The van der Waals surface area contributed by atoms with E-state index >= 15 is 0 Å². The maximum atomic E-state index is 12.7. The molecule has 178 valence electrons. The highest BCUT2D eigenvalue weighted by Crippen LogP contribution is 2.36. The van der Waals surface area contributed by atoms with Gasteiger partial charge in [0.1, 0.15) is 18.0 Å². The van der Waals surface area contributed by atoms with Gasteiger partial charge in [-0.2, -0.15) is 0 Å². The predicted molar refractivity (Wildman–Crippen MR) is 131 cm³/mol. The lowest BCUT2D eigenvalue weighted by Crippen LogP contribution is -2.34. The molecule has 10 heteroatoms. The molecular formula is C25H22N4O6. The number of hydrogen-bond donors (Lipinski definition) is 3. The van der Waals surface area contributed by atoms with E-state index in [0.717, 1.165) is 4.68 Å². The Hall–Kier alpha value is -4.86. The highest BCUT2D eigenvalue weighted by atomic mass is 16.5. The van der Waals surface area contributed by atoms with Gasteiger partial charge < -0.3 is 20.1 Å². The number of fused-ring (bicyclic) bond motifs is 1. The van der Waals surface area contributed by atoms with Gasteiger partial charge in [0.05, 0.1) is 36.4 Å². The second-order valence-electron chi connectivity index (χ2n) is 7.50. The number of H-pyrrole nitrogens is 1. The Morgan fingerprint density at radius 1 is 0.829 bits per heavy atom. The smallest absolute Gasteiger partial charge is 0.273 e. The lowest BCUT2D eigenvalue weighted by Gasteiger charge is -2.16. The molecule has 3 N–H and O–H groups in total. The fourth-order valence-corrected chi connectivity index (χ4v) is 3.57. The van der Waals surface area contributed by atoms with E-state index in [1.807, 2.05) is 0 Å². The minimum atomic E-state index is -0.584. The van der Waals surface area contributed by atoms with Crippen molar-refractivity contribution in [2.75, 3.05) is 24.9 Å². The van der Waals surface area contributed by atoms with Crippen LogP contribution in [0.2, 0.25) is 0 Å². The average molecular weight is 474 g/mol. The van der Waals surface area contributed by atoms with Crippen LogP contribution in [0, 0.1) is 0 Å². The molecule has 0 atom stereocenters. The monoisotopic (exact) mass is 474 g/mol. The Bertz CT molecular complexity index is 1530. The lowest BCUT2D eigenvalue weighted by atomic mass is 10.2. The van der Waals surface area contributed by atoms with E-state index in [2.05, 4.69) is 15.7 Å². The first kappa shape index (κ1) is 23.3. The molecule has 1 heterocycles. The van der Waals surface area contributed by atoms with E-state index in [4.69, 9.17) is 9.47 Å². The van der Waals surface area contributed by atoms with Gasteiger partial charge in [0, 0.05) is 17.7 Å². The average Bonchev–Trinajstić information content (AvgIpc) is 2.88. The van der Waals surface area contributed by atoms with Crippen LogP contribution >= 0.6 is 0 Å². The number of ether oxygens (including phenoxy) is 2. The Labute approximate surface area is 199 Å². The molecule has 10 nitrogen and oxygen atoms in total. The number of carbonyl (C=O) groups excluding carboxylic acids is 2. The molecule has 1 aromatic heterocycles. The molecule has 0 aliphatic heterocycles. The second kappa shape index (κ2) is 9.96. The summed E-state index contributed by atoms with van der Waals surface area (Å²) in [5.74, 6) is -0.398. The summed E-state index contributed by atoms with van der Waals surface area (Å²) in [6.07, 6.45) is 0. The third kappa shape index (κ3) is 4.91. The van der Waals surface area contributed by atoms with Crippen LogP contribution in [0.3, 0.4) is 0 Å². The van der Waals surface area contributed by atoms with E-state index < -0.39 is 23.6 Å². The van der Waals surface area contributed by atoms with Crippen LogP contribution in [0.5, 0.6) is 11.5 Å². The van der Waals surface area contributed by atoms with Crippen molar-refractivity contribution in [3.8, 4) is 11.5 Å². The van der Waals surface area contributed by atoms with Gasteiger partial charge in [-0.25, -0.2) is 4.68 Å². The lowest BCUT2D eigenvalue weighted by molar-refractivity contribution is -0.117. The summed E-state index contributed by atoms with van der Waals surface area (Å²) in [6.45, 7) is -0.434. The first-order chi connectivity index (χ1) is 16.9. The van der Waals surface area contributed by atoms with Crippen LogP contribution in [-0.2, 0) is 11.3 Å². The van der Waals surface area contributed by atoms with E-state index in [1.165, 1.54) is 38.5 Å². The summed E-state index contributed by atoms with van der Waals surface area (Å²) in [4.78, 5) is 50.3. The predicted octanol–water partition coefficient (Wildman–Crippen LogP) is 2.60. The first-order valence-corrected chi connectivity index (χ1v) is 10.6. The van der Waals surface area contributed by atoms with Crippen molar-refractivity contribution in [2.24, 2.45) is 0 Å². The molecular weight excluding hydrogens is 452 g/mol. The van der Waals surface area contributed by atoms with Gasteiger partial charge in [-0.15, -0.1) is 0 Å². The van der Waals surface area contributed by atoms with Crippen molar-refractivity contribution < 1.29 is 19.1 Å². The number of aromatic nitrogens is 2. The van der Waals surface area contributed by atoms with Gasteiger partial charge >= 0.3 is 0 Å². The van der Waals surface area contributed by atoms with Crippen LogP contribution in [0.1, 0.15) is 10.4 Å². The summed E-state index contributed by atoms with van der Waals surface area (Å²) in [6, 6.07) is 18.0. The normalized spacial score (nSPS) is 10.6. The molecule has 0 fully saturated rings. The standard InChI is InChI=1S/C25H22N4O6/c1-34-20-13-19(27-23(31)15-8-4-3-5-9-15)21(35-2)12-18(20)26-22(30)14-29-25(33)17-11-7-6-10-16(17)24(32)28-29/h3-13H,14H2,1-2H3,(H,26,30)(H,27,31)(H,28,32). The van der Waals surface area contributed by atoms with Gasteiger partial charge in [-0.1, -0.05) is 30.3 Å². The Balaban J connectivity index is 1.58. The Morgan fingerprint density at radius 2 is 1.40 bits per heavy atom. The number of benzene rings is 3. The third-order valence-corrected chi connectivity index (χ3v) is 5.27. The molecule has 4 rings (SSSR count). The van der Waals surface area contributed by atoms with Crippen LogP contribution in [0.15, 0.2) is 76.3 Å². The first-order valence-electron chi connectivity index (χ1n) is 10.6. The maximum absolute atomic E-state index is 12.7. The molecule has 0 spiro atoms. The van der Waals surface area contributed by atoms with E-state index in [9.17, 15) is 19.2 Å². The summed E-state index contributed by atoms with van der Waals surface area (Å²) in [7, 11) is 2.83. The summed E-state index contributed by atoms with van der Waals surface area (Å²) in [5, 5.41) is 8.29. The molecule has 2 amide bonds. The number of aromatic amines is 1. The van der Waals surface area contributed by atoms with Gasteiger partial charge in [0.25, 0.3) is 17.0 Å². The fourth-order valence-electron chi connectivity index (χ4n) is 3.57. The van der Waals surface area contributed by atoms with Crippen molar-refractivity contribution in [3.05, 3.63) is 93.0 Å². The zero-order chi connectivity index (χ0) is 24.9. The molecule has 0 saturated heterocycles. The fraction of sp³-hybridized carbons (Fsp3) is 0.120. The molecule has 0 saturated carbocycles. The molecule has 0 radical (unpaired) electrons. The molecule has 0 aliphatic rings. The van der Waals surface area contributed by atoms with Crippen molar-refractivity contribution in [1.82, 2.24) is 9.78 Å². The van der Waals surface area contributed by atoms with Crippen LogP contribution in [0.4, 0.5) is 11.4 Å². The minimum Gasteiger partial charge on any atom is -0.494 e. The van der Waals surface area contributed by atoms with Crippen molar-refractivity contribution in [1.29, 1.82) is 0 Å². The van der Waals surface area contributed by atoms with Crippen LogP contribution < -0.4 is 31.2 Å². The minimum absolute atomic E-state index is 0.210. The highest BCUT2D eigenvalue weighted by molar-refractivity contribution is 6.05. The van der Waals surface area contributed by atoms with Gasteiger partial charge in [-0.05, 0) is 24.3 Å². The maximum Gasteiger partial charge on any atom is 0.273 e. The molecule has 0 unspecified atom stereocenters. The molecule has 3 aromatic carbocycles. The number of rotatable bonds is 7. The van der Waals surface area contributed by atoms with Gasteiger partial charge in [0.15, 0.2) is 0 Å². The number of nitrogens with one attached hydrogen (secondary N) is 3. The number of amides is 2. The highest BCUT2D eigenvalue weighted by Gasteiger charge is 2.17. The van der Waals surface area contributed by atoms with Crippen molar-refractivity contribution in [3.63, 3.8) is 0 Å². The summed E-state index contributed by atoms with van der Waals surface area (Å²) >= 11 is 0. The number of methoxy groups -OCH3 is 2. The topological polar surface area (TPSA) is 132 Å². The van der Waals surface area contributed by atoms with Gasteiger partial charge in [-0.3, -0.25) is 24.3 Å². The van der Waals surface area contributed by atoms with E-state index in [1.54, 1.807) is 42.5 Å². The number of nitrogens with zero attached hydrogens (tertiary/aromatic N) is 1. The zero-order valence-corrected chi connectivity index (χ0v) is 19.0. The van der Waals surface area contributed by atoms with Gasteiger partial charge in [0.2, 0.25) is 5.91 Å². The van der Waals surface area contributed by atoms with E-state index in [-0.39, 0.29) is 33.9 Å². The Kier molecular flexibility index (Phi) is 6.63. The van der Waals surface area contributed by atoms with E-state index in [0.29, 0.717) is 11.3 Å². The van der Waals surface area contributed by atoms with Crippen molar-refractivity contribution >= 4 is 34.0 Å². The molecule has 0 bridgehead atoms. The molecule has 35 heavy (non-hydrogen) atoms.